The molecule has 1 aliphatic heterocycles. The lowest BCUT2D eigenvalue weighted by molar-refractivity contribution is -0.131. The maximum atomic E-state index is 11.7. The Morgan fingerprint density at radius 2 is 2.44 bits per heavy atom. The second-order valence-electron chi connectivity index (χ2n) is 4.60. The van der Waals surface area contributed by atoms with Gasteiger partial charge < -0.3 is 10.2 Å². The zero-order chi connectivity index (χ0) is 13.0. The second-order valence-corrected chi connectivity index (χ2v) is 5.63. The number of nitrogens with zero attached hydrogens (tertiary/aromatic N) is 1. The van der Waals surface area contributed by atoms with Crippen LogP contribution in [-0.4, -0.2) is 36.3 Å². The number of hydrogen-bond acceptors (Lipinski definition) is 3. The molecule has 5 heteroatoms. The predicted molar refractivity (Wildman–Crippen MR) is 71.4 cm³/mol. The summed E-state index contributed by atoms with van der Waals surface area (Å²) in [4.78, 5) is 26.3. The molecule has 0 unspecified atom stereocenters. The average molecular weight is 266 g/mol. The lowest BCUT2D eigenvalue weighted by Gasteiger charge is -2.11. The van der Waals surface area contributed by atoms with Gasteiger partial charge in [0, 0.05) is 24.9 Å². The number of likely N-dealkylation sites (tertiary alicyclic amines) is 1. The standard InChI is InChI=1S/C13H18N2O2S/c1-15-8-7-11(13(15)17)14-12(16)6-2-4-10-5-3-9-18-10/h3,5,9,11H,2,4,6-8H2,1H3,(H,14,16)/t11-/m1/s1. The van der Waals surface area contributed by atoms with E-state index in [0.717, 1.165) is 25.8 Å². The third-order valence-electron chi connectivity index (χ3n) is 3.17. The fourth-order valence-electron chi connectivity index (χ4n) is 2.10. The van der Waals surface area contributed by atoms with Crippen LogP contribution in [-0.2, 0) is 16.0 Å². The fourth-order valence-corrected chi connectivity index (χ4v) is 2.85. The fraction of sp³-hybridized carbons (Fsp3) is 0.538. The third-order valence-corrected chi connectivity index (χ3v) is 4.11. The lowest BCUT2D eigenvalue weighted by atomic mass is 10.2. The third kappa shape index (κ3) is 3.32. The van der Waals surface area contributed by atoms with E-state index in [-0.39, 0.29) is 17.9 Å². The van der Waals surface area contributed by atoms with Crippen LogP contribution in [0.5, 0.6) is 0 Å². The summed E-state index contributed by atoms with van der Waals surface area (Å²) in [6.45, 7) is 0.735. The first-order valence-corrected chi connectivity index (χ1v) is 7.11. The minimum absolute atomic E-state index is 0.0137. The second kappa shape index (κ2) is 6.00. The van der Waals surface area contributed by atoms with Crippen LogP contribution in [0.2, 0.25) is 0 Å². The van der Waals surface area contributed by atoms with Crippen molar-refractivity contribution in [3.8, 4) is 0 Å². The van der Waals surface area contributed by atoms with Gasteiger partial charge in [0.2, 0.25) is 11.8 Å². The Hall–Kier alpha value is -1.36. The van der Waals surface area contributed by atoms with Crippen molar-refractivity contribution in [2.24, 2.45) is 0 Å². The number of rotatable bonds is 5. The van der Waals surface area contributed by atoms with Gasteiger partial charge in [-0.15, -0.1) is 11.3 Å². The summed E-state index contributed by atoms with van der Waals surface area (Å²) in [5, 5.41) is 4.86. The minimum atomic E-state index is -0.302. The van der Waals surface area contributed by atoms with Crippen molar-refractivity contribution in [2.75, 3.05) is 13.6 Å². The normalized spacial score (nSPS) is 19.3. The smallest absolute Gasteiger partial charge is 0.244 e. The number of nitrogens with one attached hydrogen (secondary N) is 1. The van der Waals surface area contributed by atoms with Crippen LogP contribution in [0.4, 0.5) is 0 Å². The number of carbonyl (C=O) groups is 2. The van der Waals surface area contributed by atoms with Crippen LogP contribution < -0.4 is 5.32 Å². The molecule has 0 saturated carbocycles. The first-order chi connectivity index (χ1) is 8.66. The van der Waals surface area contributed by atoms with Gasteiger partial charge >= 0.3 is 0 Å². The Balaban J connectivity index is 1.68. The Morgan fingerprint density at radius 3 is 3.06 bits per heavy atom. The van der Waals surface area contributed by atoms with E-state index in [1.807, 2.05) is 11.4 Å². The van der Waals surface area contributed by atoms with Gasteiger partial charge in [0.05, 0.1) is 0 Å². The molecule has 0 aromatic carbocycles. The molecule has 2 rings (SSSR count). The van der Waals surface area contributed by atoms with Gasteiger partial charge in [-0.1, -0.05) is 6.07 Å². The maximum absolute atomic E-state index is 11.7. The zero-order valence-corrected chi connectivity index (χ0v) is 11.3. The number of aryl methyl sites for hydroxylation is 1. The molecule has 0 aliphatic carbocycles. The molecule has 1 N–H and O–H groups in total. The molecule has 1 aromatic rings. The topological polar surface area (TPSA) is 49.4 Å². The minimum Gasteiger partial charge on any atom is -0.344 e. The molecule has 0 radical (unpaired) electrons. The van der Waals surface area contributed by atoms with Crippen molar-refractivity contribution >= 4 is 23.2 Å². The van der Waals surface area contributed by atoms with Crippen molar-refractivity contribution in [3.63, 3.8) is 0 Å². The Kier molecular flexibility index (Phi) is 4.36. The van der Waals surface area contributed by atoms with E-state index >= 15 is 0 Å². The van der Waals surface area contributed by atoms with Crippen molar-refractivity contribution in [3.05, 3.63) is 22.4 Å². The summed E-state index contributed by atoms with van der Waals surface area (Å²) >= 11 is 1.72. The molecule has 1 aromatic heterocycles. The van der Waals surface area contributed by atoms with Crippen LogP contribution >= 0.6 is 11.3 Å². The molecular weight excluding hydrogens is 248 g/mol. The number of carbonyl (C=O) groups excluding carboxylic acids is 2. The average Bonchev–Trinajstić information content (AvgIpc) is 2.95. The first-order valence-electron chi connectivity index (χ1n) is 6.23. The van der Waals surface area contributed by atoms with Crippen molar-refractivity contribution in [2.45, 2.75) is 31.7 Å². The lowest BCUT2D eigenvalue weighted by Crippen LogP contribution is -2.40. The molecule has 98 valence electrons. The number of thiophene rings is 1. The van der Waals surface area contributed by atoms with Crippen LogP contribution in [0.1, 0.15) is 24.1 Å². The summed E-state index contributed by atoms with van der Waals surface area (Å²) in [5.74, 6) is 0.0156. The quantitative estimate of drug-likeness (QED) is 0.876. The van der Waals surface area contributed by atoms with Crippen LogP contribution in [0.3, 0.4) is 0 Å². The van der Waals surface area contributed by atoms with Gasteiger partial charge in [-0.05, 0) is 30.7 Å². The largest absolute Gasteiger partial charge is 0.344 e. The molecule has 2 heterocycles. The van der Waals surface area contributed by atoms with Crippen LogP contribution in [0.15, 0.2) is 17.5 Å². The van der Waals surface area contributed by atoms with Crippen molar-refractivity contribution in [1.29, 1.82) is 0 Å². The molecule has 2 amide bonds. The zero-order valence-electron chi connectivity index (χ0n) is 10.5. The van der Waals surface area contributed by atoms with Crippen molar-refractivity contribution < 1.29 is 9.59 Å². The van der Waals surface area contributed by atoms with E-state index in [1.54, 1.807) is 23.3 Å². The number of hydrogen-bond donors (Lipinski definition) is 1. The summed E-state index contributed by atoms with van der Waals surface area (Å²) in [6.07, 6.45) is 2.99. The summed E-state index contributed by atoms with van der Waals surface area (Å²) in [7, 11) is 1.77. The molecule has 1 aliphatic rings. The van der Waals surface area contributed by atoms with E-state index < -0.39 is 0 Å². The molecule has 1 atom stereocenters. The van der Waals surface area contributed by atoms with Gasteiger partial charge in [0.15, 0.2) is 0 Å². The molecule has 1 fully saturated rings. The van der Waals surface area contributed by atoms with Gasteiger partial charge in [0.1, 0.15) is 6.04 Å². The highest BCUT2D eigenvalue weighted by molar-refractivity contribution is 7.09. The molecule has 0 spiro atoms. The monoisotopic (exact) mass is 266 g/mol. The highest BCUT2D eigenvalue weighted by Gasteiger charge is 2.29. The Bertz CT molecular complexity index is 417. The van der Waals surface area contributed by atoms with Gasteiger partial charge in [-0.3, -0.25) is 9.59 Å². The molecule has 4 nitrogen and oxygen atoms in total. The predicted octanol–water partition coefficient (Wildman–Crippen LogP) is 1.42. The highest BCUT2D eigenvalue weighted by Crippen LogP contribution is 2.12. The molecule has 1 saturated heterocycles. The highest BCUT2D eigenvalue weighted by atomic mass is 32.1. The van der Waals surface area contributed by atoms with E-state index in [1.165, 1.54) is 4.88 Å². The van der Waals surface area contributed by atoms with Crippen LogP contribution in [0, 0.1) is 0 Å². The Labute approximate surface area is 111 Å². The molecular formula is C13H18N2O2S. The SMILES string of the molecule is CN1CC[C@@H](NC(=O)CCCc2cccs2)C1=O. The molecule has 0 bridgehead atoms. The van der Waals surface area contributed by atoms with E-state index in [0.29, 0.717) is 6.42 Å². The Morgan fingerprint density at radius 1 is 1.61 bits per heavy atom. The first kappa shape index (κ1) is 13.1. The summed E-state index contributed by atoms with van der Waals surface area (Å²) in [5.41, 5.74) is 0. The van der Waals surface area contributed by atoms with E-state index in [2.05, 4.69) is 11.4 Å². The maximum Gasteiger partial charge on any atom is 0.244 e. The van der Waals surface area contributed by atoms with Gasteiger partial charge in [-0.2, -0.15) is 0 Å². The number of likely N-dealkylation sites (N-methyl/N-ethyl adjacent to an activating group) is 1. The van der Waals surface area contributed by atoms with Crippen molar-refractivity contribution in [1.82, 2.24) is 10.2 Å². The molecule has 18 heavy (non-hydrogen) atoms. The van der Waals surface area contributed by atoms with Crippen LogP contribution in [0.25, 0.3) is 0 Å². The van der Waals surface area contributed by atoms with E-state index in [4.69, 9.17) is 0 Å². The van der Waals surface area contributed by atoms with Gasteiger partial charge in [0.25, 0.3) is 0 Å². The summed E-state index contributed by atoms with van der Waals surface area (Å²) in [6, 6.07) is 3.80. The van der Waals surface area contributed by atoms with E-state index in [9.17, 15) is 9.59 Å². The van der Waals surface area contributed by atoms with Gasteiger partial charge in [-0.25, -0.2) is 0 Å². The summed E-state index contributed by atoms with van der Waals surface area (Å²) < 4.78 is 0. The number of amides is 2.